The first-order valence-electron chi connectivity index (χ1n) is 8.68. The van der Waals surface area contributed by atoms with Gasteiger partial charge in [0.05, 0.1) is 4.90 Å². The molecule has 0 saturated carbocycles. The Morgan fingerprint density at radius 2 is 1.76 bits per heavy atom. The maximum atomic E-state index is 14.4. The topological polar surface area (TPSA) is 68.0 Å². The van der Waals surface area contributed by atoms with E-state index in [0.29, 0.717) is 11.0 Å². The maximum Gasteiger partial charge on any atom is 0.196 e. The van der Waals surface area contributed by atoms with Crippen molar-refractivity contribution in [2.45, 2.75) is 10.1 Å². The van der Waals surface area contributed by atoms with E-state index in [4.69, 9.17) is 5.11 Å². The number of hydrogen-bond donors (Lipinski definition) is 1. The lowest BCUT2D eigenvalue weighted by molar-refractivity contribution is 0.0902. The minimum atomic E-state index is -0.901. The average Bonchev–Trinajstić information content (AvgIpc) is 3.09. The standard InChI is InChI=1S/C21H15F2N3O2S/c1-26-20(15-8-4-6-12-5-2-3-7-14(12)15)24-25-21(26)29-19-16(22)9-13(10-17(19)23)18(28)11-27/h2-10,27H,11H2,1H3. The van der Waals surface area contributed by atoms with Crippen molar-refractivity contribution in [3.05, 3.63) is 71.8 Å². The molecule has 3 aromatic carbocycles. The zero-order chi connectivity index (χ0) is 20.5. The predicted molar refractivity (Wildman–Crippen MR) is 106 cm³/mol. The number of carbonyl (C=O) groups excluding carboxylic acids is 1. The van der Waals surface area contributed by atoms with Gasteiger partial charge in [-0.05, 0) is 34.7 Å². The molecule has 4 aromatic rings. The van der Waals surface area contributed by atoms with E-state index < -0.39 is 24.0 Å². The number of aromatic nitrogens is 3. The summed E-state index contributed by atoms with van der Waals surface area (Å²) in [5, 5.41) is 19.5. The molecule has 0 saturated heterocycles. The smallest absolute Gasteiger partial charge is 0.196 e. The third-order valence-electron chi connectivity index (χ3n) is 4.52. The Kier molecular flexibility index (Phi) is 5.12. The summed E-state index contributed by atoms with van der Waals surface area (Å²) < 4.78 is 30.5. The second-order valence-electron chi connectivity index (χ2n) is 6.34. The molecular formula is C21H15F2N3O2S. The number of carbonyl (C=O) groups is 1. The van der Waals surface area contributed by atoms with E-state index in [9.17, 15) is 13.6 Å². The summed E-state index contributed by atoms with van der Waals surface area (Å²) in [5.74, 6) is -1.99. The number of rotatable bonds is 5. The molecule has 5 nitrogen and oxygen atoms in total. The van der Waals surface area contributed by atoms with Crippen LogP contribution in [0.2, 0.25) is 0 Å². The Morgan fingerprint density at radius 1 is 1.07 bits per heavy atom. The third-order valence-corrected chi connectivity index (χ3v) is 5.65. The van der Waals surface area contributed by atoms with Crippen LogP contribution in [0.3, 0.4) is 0 Å². The second kappa shape index (κ2) is 7.73. The average molecular weight is 411 g/mol. The maximum absolute atomic E-state index is 14.4. The molecule has 0 aliphatic carbocycles. The number of hydrogen-bond acceptors (Lipinski definition) is 5. The molecule has 0 fully saturated rings. The van der Waals surface area contributed by atoms with Gasteiger partial charge in [-0.3, -0.25) is 4.79 Å². The zero-order valence-corrected chi connectivity index (χ0v) is 16.1. The van der Waals surface area contributed by atoms with Crippen LogP contribution in [0.1, 0.15) is 10.4 Å². The van der Waals surface area contributed by atoms with E-state index in [1.807, 2.05) is 42.5 Å². The van der Waals surface area contributed by atoms with E-state index in [1.165, 1.54) is 0 Å². The van der Waals surface area contributed by atoms with Gasteiger partial charge < -0.3 is 9.67 Å². The van der Waals surface area contributed by atoms with Crippen molar-refractivity contribution in [1.82, 2.24) is 14.8 Å². The molecule has 0 atom stereocenters. The van der Waals surface area contributed by atoms with E-state index in [2.05, 4.69) is 10.2 Å². The molecule has 29 heavy (non-hydrogen) atoms. The molecule has 1 N–H and O–H groups in total. The van der Waals surface area contributed by atoms with Crippen LogP contribution >= 0.6 is 11.8 Å². The van der Waals surface area contributed by atoms with Gasteiger partial charge in [0, 0.05) is 18.2 Å². The quantitative estimate of drug-likeness (QED) is 0.498. The van der Waals surface area contributed by atoms with Crippen LogP contribution in [0.25, 0.3) is 22.2 Å². The Bertz CT molecular complexity index is 1210. The Hall–Kier alpha value is -3.10. The molecule has 146 valence electrons. The molecule has 0 amide bonds. The number of aliphatic hydroxyl groups excluding tert-OH is 1. The highest BCUT2D eigenvalue weighted by Crippen LogP contribution is 2.34. The van der Waals surface area contributed by atoms with Gasteiger partial charge in [0.1, 0.15) is 18.2 Å². The van der Waals surface area contributed by atoms with Crippen molar-refractivity contribution in [3.63, 3.8) is 0 Å². The van der Waals surface area contributed by atoms with Gasteiger partial charge in [-0.2, -0.15) is 0 Å². The summed E-state index contributed by atoms with van der Waals surface area (Å²) in [4.78, 5) is 11.2. The van der Waals surface area contributed by atoms with Crippen LogP contribution in [0.15, 0.2) is 64.6 Å². The van der Waals surface area contributed by atoms with Crippen LogP contribution in [0.4, 0.5) is 8.78 Å². The fraction of sp³-hybridized carbons (Fsp3) is 0.0952. The number of halogens is 2. The number of nitrogens with zero attached hydrogens (tertiary/aromatic N) is 3. The van der Waals surface area contributed by atoms with Crippen molar-refractivity contribution < 1.29 is 18.7 Å². The van der Waals surface area contributed by atoms with E-state index in [1.54, 1.807) is 11.6 Å². The Labute approximate surface area is 169 Å². The molecule has 0 radical (unpaired) electrons. The van der Waals surface area contributed by atoms with Gasteiger partial charge in [-0.1, -0.05) is 42.5 Å². The second-order valence-corrected chi connectivity index (χ2v) is 7.32. The first-order chi connectivity index (χ1) is 14.0. The van der Waals surface area contributed by atoms with Gasteiger partial charge in [-0.15, -0.1) is 10.2 Å². The Morgan fingerprint density at radius 3 is 2.48 bits per heavy atom. The zero-order valence-electron chi connectivity index (χ0n) is 15.3. The molecule has 8 heteroatoms. The summed E-state index contributed by atoms with van der Waals surface area (Å²) >= 11 is 0.782. The summed E-state index contributed by atoms with van der Waals surface area (Å²) in [7, 11) is 1.72. The summed E-state index contributed by atoms with van der Waals surface area (Å²) in [5.41, 5.74) is 0.635. The highest BCUT2D eigenvalue weighted by molar-refractivity contribution is 7.99. The predicted octanol–water partition coefficient (Wildman–Crippen LogP) is 4.24. The largest absolute Gasteiger partial charge is 0.388 e. The van der Waals surface area contributed by atoms with Crippen LogP contribution in [-0.4, -0.2) is 32.3 Å². The summed E-state index contributed by atoms with van der Waals surface area (Å²) in [6, 6.07) is 15.5. The van der Waals surface area contributed by atoms with Gasteiger partial charge in [-0.25, -0.2) is 8.78 Å². The first-order valence-corrected chi connectivity index (χ1v) is 9.49. The Balaban J connectivity index is 1.73. The molecule has 1 heterocycles. The number of benzene rings is 3. The monoisotopic (exact) mass is 411 g/mol. The van der Waals surface area contributed by atoms with Crippen molar-refractivity contribution >= 4 is 28.3 Å². The number of aliphatic hydroxyl groups is 1. The molecule has 4 rings (SSSR count). The van der Waals surface area contributed by atoms with Crippen molar-refractivity contribution in [2.75, 3.05) is 6.61 Å². The van der Waals surface area contributed by atoms with Gasteiger partial charge >= 0.3 is 0 Å². The summed E-state index contributed by atoms with van der Waals surface area (Å²) in [6.07, 6.45) is 0. The SMILES string of the molecule is Cn1c(Sc2c(F)cc(C(=O)CO)cc2F)nnc1-c1cccc2ccccc12. The lowest BCUT2D eigenvalue weighted by Gasteiger charge is -2.08. The van der Waals surface area contributed by atoms with Gasteiger partial charge in [0.15, 0.2) is 16.8 Å². The molecular weight excluding hydrogens is 396 g/mol. The molecule has 0 aliphatic rings. The minimum Gasteiger partial charge on any atom is -0.388 e. The number of Topliss-reactive ketones (excluding diaryl/α,β-unsaturated/α-hetero) is 1. The van der Waals surface area contributed by atoms with Crippen molar-refractivity contribution in [3.8, 4) is 11.4 Å². The fourth-order valence-electron chi connectivity index (χ4n) is 3.06. The molecule has 0 bridgehead atoms. The summed E-state index contributed by atoms with van der Waals surface area (Å²) in [6.45, 7) is -0.816. The molecule has 0 spiro atoms. The third kappa shape index (κ3) is 3.52. The van der Waals surface area contributed by atoms with Crippen molar-refractivity contribution in [2.24, 2.45) is 7.05 Å². The molecule has 1 aromatic heterocycles. The lowest BCUT2D eigenvalue weighted by atomic mass is 10.0. The van der Waals surface area contributed by atoms with Crippen LogP contribution in [0, 0.1) is 11.6 Å². The van der Waals surface area contributed by atoms with Crippen LogP contribution < -0.4 is 0 Å². The highest BCUT2D eigenvalue weighted by Gasteiger charge is 2.20. The lowest BCUT2D eigenvalue weighted by Crippen LogP contribution is -2.06. The number of ketones is 1. The van der Waals surface area contributed by atoms with Gasteiger partial charge in [0.25, 0.3) is 0 Å². The van der Waals surface area contributed by atoms with Crippen LogP contribution in [-0.2, 0) is 7.05 Å². The van der Waals surface area contributed by atoms with E-state index in [0.717, 1.165) is 40.2 Å². The highest BCUT2D eigenvalue weighted by atomic mass is 32.2. The van der Waals surface area contributed by atoms with E-state index in [-0.39, 0.29) is 10.5 Å². The first kappa shape index (κ1) is 19.2. The molecule has 0 aliphatic heterocycles. The van der Waals surface area contributed by atoms with E-state index >= 15 is 0 Å². The normalized spacial score (nSPS) is 11.2. The molecule has 0 unspecified atom stereocenters. The van der Waals surface area contributed by atoms with Crippen molar-refractivity contribution in [1.29, 1.82) is 0 Å². The fourth-order valence-corrected chi connectivity index (χ4v) is 3.86. The number of fused-ring (bicyclic) bond motifs is 1. The minimum absolute atomic E-state index is 0.221. The van der Waals surface area contributed by atoms with Crippen LogP contribution in [0.5, 0.6) is 0 Å². The van der Waals surface area contributed by atoms with Gasteiger partial charge in [0.2, 0.25) is 0 Å².